The van der Waals surface area contributed by atoms with E-state index in [0.717, 1.165) is 11.8 Å². The summed E-state index contributed by atoms with van der Waals surface area (Å²) >= 11 is 0. The number of benzene rings is 2. The number of nitrogens with zero attached hydrogens (tertiary/aromatic N) is 2. The van der Waals surface area contributed by atoms with E-state index in [4.69, 9.17) is 10.00 Å². The molecule has 6 heteroatoms. The summed E-state index contributed by atoms with van der Waals surface area (Å²) < 4.78 is 46.1. The fourth-order valence-corrected chi connectivity index (χ4v) is 3.43. The smallest absolute Gasteiger partial charge is 0.417 e. The van der Waals surface area contributed by atoms with Crippen molar-refractivity contribution in [2.45, 2.75) is 59.6 Å². The van der Waals surface area contributed by atoms with Gasteiger partial charge in [-0.1, -0.05) is 53.7 Å². The Balaban J connectivity index is 2.10. The van der Waals surface area contributed by atoms with E-state index in [-0.39, 0.29) is 16.4 Å². The zero-order valence-corrected chi connectivity index (χ0v) is 19.8. The predicted octanol–water partition coefficient (Wildman–Crippen LogP) is 7.20. The van der Waals surface area contributed by atoms with Gasteiger partial charge in [0, 0.05) is 18.8 Å². The number of nitriles is 1. The van der Waals surface area contributed by atoms with E-state index in [1.807, 2.05) is 37.8 Å². The van der Waals surface area contributed by atoms with Gasteiger partial charge < -0.3 is 9.64 Å². The van der Waals surface area contributed by atoms with Gasteiger partial charge in [0.2, 0.25) is 0 Å². The molecule has 32 heavy (non-hydrogen) atoms. The molecule has 0 saturated carbocycles. The van der Waals surface area contributed by atoms with E-state index >= 15 is 0 Å². The Labute approximate surface area is 189 Å². The average molecular weight is 447 g/mol. The highest BCUT2D eigenvalue weighted by Gasteiger charge is 2.34. The van der Waals surface area contributed by atoms with Crippen molar-refractivity contribution in [3.8, 4) is 11.8 Å². The third-order valence-corrected chi connectivity index (χ3v) is 5.02. The lowest BCUT2D eigenvalue weighted by Crippen LogP contribution is -2.34. The molecule has 0 N–H and O–H groups in total. The molecule has 0 aliphatic carbocycles. The van der Waals surface area contributed by atoms with Crippen LogP contribution in [-0.2, 0) is 11.6 Å². The van der Waals surface area contributed by atoms with Crippen molar-refractivity contribution in [2.24, 2.45) is 5.41 Å². The third kappa shape index (κ3) is 7.47. The SMILES string of the molecule is CC(C)(C)CN(CCCOc1ccc(C(C)(C)C)cc1)c1ccc(C#N)c(C(F)(F)F)c1. The van der Waals surface area contributed by atoms with Crippen LogP contribution in [0.2, 0.25) is 0 Å². The predicted molar refractivity (Wildman–Crippen MR) is 123 cm³/mol. The Hall–Kier alpha value is -2.68. The second kappa shape index (κ2) is 9.85. The number of hydrogen-bond acceptors (Lipinski definition) is 3. The van der Waals surface area contributed by atoms with Gasteiger partial charge in [0.25, 0.3) is 0 Å². The van der Waals surface area contributed by atoms with Gasteiger partial charge >= 0.3 is 6.18 Å². The molecule has 3 nitrogen and oxygen atoms in total. The number of halogens is 3. The van der Waals surface area contributed by atoms with Crippen molar-refractivity contribution >= 4 is 5.69 Å². The molecular formula is C26H33F3N2O. The lowest BCUT2D eigenvalue weighted by Gasteiger charge is -2.32. The molecular weight excluding hydrogens is 413 g/mol. The molecule has 0 fully saturated rings. The summed E-state index contributed by atoms with van der Waals surface area (Å²) in [5.74, 6) is 0.776. The topological polar surface area (TPSA) is 36.3 Å². The summed E-state index contributed by atoms with van der Waals surface area (Å²) in [6, 6.07) is 13.6. The van der Waals surface area contributed by atoms with E-state index in [0.29, 0.717) is 31.8 Å². The highest BCUT2D eigenvalue weighted by atomic mass is 19.4. The Bertz CT molecular complexity index is 930. The number of hydrogen-bond donors (Lipinski definition) is 0. The van der Waals surface area contributed by atoms with Gasteiger partial charge in [0.15, 0.2) is 0 Å². The Kier molecular flexibility index (Phi) is 7.88. The monoisotopic (exact) mass is 446 g/mol. The number of anilines is 1. The second-order valence-corrected chi connectivity index (χ2v) is 10.3. The van der Waals surface area contributed by atoms with Gasteiger partial charge in [-0.3, -0.25) is 0 Å². The first-order valence-electron chi connectivity index (χ1n) is 10.8. The van der Waals surface area contributed by atoms with Gasteiger partial charge in [-0.2, -0.15) is 18.4 Å². The van der Waals surface area contributed by atoms with E-state index < -0.39 is 11.7 Å². The summed E-state index contributed by atoms with van der Waals surface area (Å²) in [4.78, 5) is 1.93. The fourth-order valence-electron chi connectivity index (χ4n) is 3.43. The van der Waals surface area contributed by atoms with Crippen LogP contribution in [0.25, 0.3) is 0 Å². The molecule has 0 aliphatic rings. The summed E-state index contributed by atoms with van der Waals surface area (Å²) in [5, 5.41) is 9.06. The van der Waals surface area contributed by atoms with Crippen LogP contribution in [0.15, 0.2) is 42.5 Å². The quantitative estimate of drug-likeness (QED) is 0.422. The maximum absolute atomic E-state index is 13.4. The molecule has 2 aromatic rings. The lowest BCUT2D eigenvalue weighted by molar-refractivity contribution is -0.137. The minimum absolute atomic E-state index is 0.0718. The standard InChI is InChI=1S/C26H33F3N2O/c1-24(2,3)18-31(21-11-8-19(17-30)23(16-21)26(27,28)29)14-7-15-32-22-12-9-20(10-13-22)25(4,5)6/h8-13,16H,7,14-15,18H2,1-6H3. The van der Waals surface area contributed by atoms with Crippen molar-refractivity contribution in [2.75, 3.05) is 24.6 Å². The highest BCUT2D eigenvalue weighted by molar-refractivity contribution is 5.55. The molecule has 2 rings (SSSR count). The van der Waals surface area contributed by atoms with Crippen LogP contribution in [0.3, 0.4) is 0 Å². The number of alkyl halides is 3. The largest absolute Gasteiger partial charge is 0.494 e. The third-order valence-electron chi connectivity index (χ3n) is 5.02. The Morgan fingerprint density at radius 2 is 1.56 bits per heavy atom. The molecule has 0 saturated heterocycles. The second-order valence-electron chi connectivity index (χ2n) is 10.3. The highest BCUT2D eigenvalue weighted by Crippen LogP contribution is 2.35. The van der Waals surface area contributed by atoms with Gasteiger partial charge in [0.1, 0.15) is 5.75 Å². The fraction of sp³-hybridized carbons (Fsp3) is 0.500. The van der Waals surface area contributed by atoms with Gasteiger partial charge in [0.05, 0.1) is 23.8 Å². The summed E-state index contributed by atoms with van der Waals surface area (Å²) in [5.41, 5.74) is 0.382. The number of ether oxygens (including phenoxy) is 1. The lowest BCUT2D eigenvalue weighted by atomic mass is 9.87. The molecule has 0 amide bonds. The van der Waals surface area contributed by atoms with Gasteiger partial charge in [-0.25, -0.2) is 0 Å². The first-order chi connectivity index (χ1) is 14.7. The minimum Gasteiger partial charge on any atom is -0.494 e. The summed E-state index contributed by atoms with van der Waals surface area (Å²) in [6.45, 7) is 14.2. The van der Waals surface area contributed by atoms with E-state index in [1.54, 1.807) is 12.1 Å². The molecule has 0 unspecified atom stereocenters. The van der Waals surface area contributed by atoms with Crippen LogP contribution in [0, 0.1) is 16.7 Å². The first kappa shape index (κ1) is 25.6. The average Bonchev–Trinajstić information content (AvgIpc) is 2.68. The van der Waals surface area contributed by atoms with Crippen LogP contribution >= 0.6 is 0 Å². The van der Waals surface area contributed by atoms with Crippen LogP contribution in [0.5, 0.6) is 5.75 Å². The maximum Gasteiger partial charge on any atom is 0.417 e. The zero-order valence-electron chi connectivity index (χ0n) is 19.8. The van der Waals surface area contributed by atoms with Crippen molar-refractivity contribution in [3.05, 3.63) is 59.2 Å². The van der Waals surface area contributed by atoms with Crippen LogP contribution < -0.4 is 9.64 Å². The van der Waals surface area contributed by atoms with Crippen molar-refractivity contribution < 1.29 is 17.9 Å². The molecule has 0 aliphatic heterocycles. The van der Waals surface area contributed by atoms with E-state index in [1.165, 1.54) is 11.6 Å². The normalized spacial score (nSPS) is 12.4. The molecule has 0 aromatic heterocycles. The van der Waals surface area contributed by atoms with E-state index in [9.17, 15) is 13.2 Å². The molecule has 0 heterocycles. The van der Waals surface area contributed by atoms with Crippen molar-refractivity contribution in [3.63, 3.8) is 0 Å². The van der Waals surface area contributed by atoms with Gasteiger partial charge in [-0.15, -0.1) is 0 Å². The van der Waals surface area contributed by atoms with Crippen molar-refractivity contribution in [1.82, 2.24) is 0 Å². The molecule has 0 radical (unpaired) electrons. The summed E-state index contributed by atoms with van der Waals surface area (Å²) in [7, 11) is 0. The first-order valence-corrected chi connectivity index (χ1v) is 10.8. The molecule has 174 valence electrons. The molecule has 0 spiro atoms. The van der Waals surface area contributed by atoms with E-state index in [2.05, 4.69) is 32.9 Å². The Morgan fingerprint density at radius 1 is 0.938 bits per heavy atom. The number of rotatable bonds is 7. The molecule has 2 aromatic carbocycles. The van der Waals surface area contributed by atoms with Crippen LogP contribution in [0.1, 0.15) is 64.7 Å². The maximum atomic E-state index is 13.4. The summed E-state index contributed by atoms with van der Waals surface area (Å²) in [6.07, 6.45) is -3.92. The van der Waals surface area contributed by atoms with Crippen LogP contribution in [0.4, 0.5) is 18.9 Å². The minimum atomic E-state index is -4.57. The molecule has 0 bridgehead atoms. The van der Waals surface area contributed by atoms with Crippen LogP contribution in [-0.4, -0.2) is 19.7 Å². The Morgan fingerprint density at radius 3 is 2.06 bits per heavy atom. The molecule has 0 atom stereocenters. The van der Waals surface area contributed by atoms with Gasteiger partial charge in [-0.05, 0) is 53.1 Å². The zero-order chi connectivity index (χ0) is 24.2. The van der Waals surface area contributed by atoms with Crippen molar-refractivity contribution in [1.29, 1.82) is 5.26 Å².